The second-order valence-corrected chi connectivity index (χ2v) is 3.51. The molecule has 4 nitrogen and oxygen atoms in total. The van der Waals surface area contributed by atoms with E-state index in [1.807, 2.05) is 0 Å². The highest BCUT2D eigenvalue weighted by molar-refractivity contribution is 6.30. The number of alkyl halides is 3. The van der Waals surface area contributed by atoms with Gasteiger partial charge in [-0.1, -0.05) is 11.6 Å². The molecule has 0 aromatic carbocycles. The number of nitrogens with zero attached hydrogens (tertiary/aromatic N) is 1. The average molecular weight is 269 g/mol. The summed E-state index contributed by atoms with van der Waals surface area (Å²) in [6.45, 7) is 0.000391. The number of hydrogen-bond acceptors (Lipinski definition) is 3. The molecule has 0 fully saturated rings. The lowest BCUT2D eigenvalue weighted by atomic mass is 10.3. The van der Waals surface area contributed by atoms with Gasteiger partial charge in [-0.2, -0.15) is 13.2 Å². The number of nitrogens with one attached hydrogen (secondary N) is 1. The molecule has 0 saturated carbocycles. The largest absolute Gasteiger partial charge is 0.440 e. The van der Waals surface area contributed by atoms with E-state index in [2.05, 4.69) is 15.0 Å². The van der Waals surface area contributed by atoms with Gasteiger partial charge < -0.3 is 4.74 Å². The van der Waals surface area contributed by atoms with E-state index in [1.165, 1.54) is 12.3 Å². The number of anilines is 1. The van der Waals surface area contributed by atoms with Gasteiger partial charge in [0.25, 0.3) is 0 Å². The third-order valence-corrected chi connectivity index (χ3v) is 2.02. The molecule has 1 aromatic rings. The van der Waals surface area contributed by atoms with Gasteiger partial charge in [0, 0.05) is 0 Å². The molecule has 0 aliphatic heterocycles. The Hall–Kier alpha value is -1.50. The monoisotopic (exact) mass is 268 g/mol. The van der Waals surface area contributed by atoms with Crippen LogP contribution in [0.15, 0.2) is 12.3 Å². The summed E-state index contributed by atoms with van der Waals surface area (Å²) in [4.78, 5) is 14.7. The zero-order valence-electron chi connectivity index (χ0n) is 8.64. The highest BCUT2D eigenvalue weighted by atomic mass is 35.5. The summed E-state index contributed by atoms with van der Waals surface area (Å²) in [5, 5.41) is 2.35. The van der Waals surface area contributed by atoms with Gasteiger partial charge >= 0.3 is 12.3 Å². The minimum absolute atomic E-state index is 0.207. The van der Waals surface area contributed by atoms with Gasteiger partial charge in [0.15, 0.2) is 6.61 Å². The van der Waals surface area contributed by atoms with Crippen molar-refractivity contribution >= 4 is 23.4 Å². The molecule has 1 heterocycles. The first kappa shape index (κ1) is 13.6. The molecule has 0 saturated heterocycles. The second kappa shape index (κ2) is 5.22. The summed E-state index contributed by atoms with van der Waals surface area (Å²) in [5.41, 5.74) is 0.791. The number of amides is 1. The van der Waals surface area contributed by atoms with Crippen LogP contribution in [-0.2, 0) is 4.74 Å². The van der Waals surface area contributed by atoms with E-state index in [0.29, 0.717) is 5.56 Å². The molecule has 0 aliphatic rings. The quantitative estimate of drug-likeness (QED) is 0.838. The predicted octanol–water partition coefficient (Wildman–Crippen LogP) is 3.15. The Balaban J connectivity index is 2.54. The number of carbonyl (C=O) groups excluding carboxylic acids is 1. The van der Waals surface area contributed by atoms with E-state index in [1.54, 1.807) is 6.92 Å². The highest BCUT2D eigenvalue weighted by Crippen LogP contribution is 2.17. The summed E-state index contributed by atoms with van der Waals surface area (Å²) < 4.78 is 39.2. The first-order chi connectivity index (χ1) is 7.78. The van der Waals surface area contributed by atoms with Crippen LogP contribution in [0.5, 0.6) is 0 Å². The average Bonchev–Trinajstić information content (AvgIpc) is 2.20. The van der Waals surface area contributed by atoms with Crippen LogP contribution in [0.25, 0.3) is 0 Å². The van der Waals surface area contributed by atoms with Crippen molar-refractivity contribution in [2.24, 2.45) is 0 Å². The molecule has 94 valence electrons. The number of rotatable bonds is 2. The fourth-order valence-electron chi connectivity index (χ4n) is 0.928. The molecule has 0 aliphatic carbocycles. The lowest BCUT2D eigenvalue weighted by molar-refractivity contribution is -0.159. The van der Waals surface area contributed by atoms with Gasteiger partial charge in [0.2, 0.25) is 0 Å². The molecular weight excluding hydrogens is 261 g/mol. The second-order valence-electron chi connectivity index (χ2n) is 3.15. The molecule has 0 radical (unpaired) electrons. The van der Waals surface area contributed by atoms with Crippen molar-refractivity contribution in [3.05, 3.63) is 23.0 Å². The lowest BCUT2D eigenvalue weighted by Crippen LogP contribution is -2.23. The topological polar surface area (TPSA) is 51.2 Å². The standard InChI is InChI=1S/C9H8ClF3N2O2/c1-5-2-6(3-14-7(5)10)15-8(16)17-4-9(11,12)13/h2-3H,4H2,1H3,(H,15,16). The number of halogens is 4. The highest BCUT2D eigenvalue weighted by Gasteiger charge is 2.29. The van der Waals surface area contributed by atoms with Crippen LogP contribution in [0.1, 0.15) is 5.56 Å². The first-order valence-corrected chi connectivity index (χ1v) is 4.78. The summed E-state index contributed by atoms with van der Waals surface area (Å²) in [5.74, 6) is 0. The van der Waals surface area contributed by atoms with Crippen molar-refractivity contribution in [2.75, 3.05) is 11.9 Å². The molecule has 0 unspecified atom stereocenters. The van der Waals surface area contributed by atoms with Crippen molar-refractivity contribution in [3.8, 4) is 0 Å². The van der Waals surface area contributed by atoms with Crippen molar-refractivity contribution in [2.45, 2.75) is 13.1 Å². The summed E-state index contributed by atoms with van der Waals surface area (Å²) in [6.07, 6.45) is -4.54. The predicted molar refractivity (Wildman–Crippen MR) is 55.0 cm³/mol. The summed E-state index contributed by atoms with van der Waals surface area (Å²) in [6, 6.07) is 1.46. The Kier molecular flexibility index (Phi) is 4.17. The van der Waals surface area contributed by atoms with E-state index in [-0.39, 0.29) is 10.8 Å². The van der Waals surface area contributed by atoms with Crippen molar-refractivity contribution in [1.29, 1.82) is 0 Å². The Bertz CT molecular complexity index is 423. The molecule has 1 rings (SSSR count). The van der Waals surface area contributed by atoms with E-state index >= 15 is 0 Å². The normalized spacial score (nSPS) is 11.1. The maximum absolute atomic E-state index is 11.7. The van der Waals surface area contributed by atoms with Crippen LogP contribution in [0.3, 0.4) is 0 Å². The van der Waals surface area contributed by atoms with Crippen molar-refractivity contribution in [1.82, 2.24) is 4.98 Å². The molecule has 0 atom stereocenters. The molecule has 17 heavy (non-hydrogen) atoms. The van der Waals surface area contributed by atoms with Gasteiger partial charge in [0.1, 0.15) is 5.15 Å². The number of ether oxygens (including phenoxy) is 1. The van der Waals surface area contributed by atoms with Crippen LogP contribution in [0, 0.1) is 6.92 Å². The summed E-state index contributed by atoms with van der Waals surface area (Å²) >= 11 is 5.63. The maximum atomic E-state index is 11.7. The van der Waals surface area contributed by atoms with Gasteiger partial charge in [-0.3, -0.25) is 5.32 Å². The number of hydrogen-bond donors (Lipinski definition) is 1. The Labute approximate surface area is 99.7 Å². The zero-order chi connectivity index (χ0) is 13.1. The Morgan fingerprint density at radius 3 is 2.76 bits per heavy atom. The summed E-state index contributed by atoms with van der Waals surface area (Å²) in [7, 11) is 0. The van der Waals surface area contributed by atoms with Crippen LogP contribution in [0.2, 0.25) is 5.15 Å². The Morgan fingerprint density at radius 1 is 1.59 bits per heavy atom. The van der Waals surface area contributed by atoms with Gasteiger partial charge in [-0.25, -0.2) is 9.78 Å². The van der Waals surface area contributed by atoms with Gasteiger partial charge in [-0.05, 0) is 18.6 Å². The van der Waals surface area contributed by atoms with E-state index in [4.69, 9.17) is 11.6 Å². The van der Waals surface area contributed by atoms with Crippen molar-refractivity contribution < 1.29 is 22.7 Å². The van der Waals surface area contributed by atoms with E-state index < -0.39 is 18.9 Å². The van der Waals surface area contributed by atoms with Crippen LogP contribution in [-0.4, -0.2) is 23.9 Å². The van der Waals surface area contributed by atoms with E-state index in [0.717, 1.165) is 0 Å². The zero-order valence-corrected chi connectivity index (χ0v) is 9.39. The smallest absolute Gasteiger partial charge is 0.422 e. The minimum Gasteiger partial charge on any atom is -0.440 e. The fraction of sp³-hybridized carbons (Fsp3) is 0.333. The molecule has 8 heteroatoms. The van der Waals surface area contributed by atoms with E-state index in [9.17, 15) is 18.0 Å². The molecule has 0 spiro atoms. The number of pyridine rings is 1. The minimum atomic E-state index is -4.55. The van der Waals surface area contributed by atoms with Crippen LogP contribution in [0.4, 0.5) is 23.7 Å². The number of carbonyl (C=O) groups is 1. The van der Waals surface area contributed by atoms with Gasteiger partial charge in [0.05, 0.1) is 11.9 Å². The maximum Gasteiger partial charge on any atom is 0.422 e. The molecule has 1 amide bonds. The number of aryl methyl sites for hydroxylation is 1. The van der Waals surface area contributed by atoms with Crippen molar-refractivity contribution in [3.63, 3.8) is 0 Å². The Morgan fingerprint density at radius 2 is 2.24 bits per heavy atom. The molecular formula is C9H8ClF3N2O2. The fourth-order valence-corrected chi connectivity index (χ4v) is 1.03. The third-order valence-electron chi connectivity index (χ3n) is 1.63. The van der Waals surface area contributed by atoms with Crippen LogP contribution < -0.4 is 5.32 Å². The molecule has 1 N–H and O–H groups in total. The third kappa shape index (κ3) is 4.90. The first-order valence-electron chi connectivity index (χ1n) is 4.40. The molecule has 0 bridgehead atoms. The number of aromatic nitrogens is 1. The van der Waals surface area contributed by atoms with Crippen LogP contribution >= 0.6 is 11.6 Å². The SMILES string of the molecule is Cc1cc(NC(=O)OCC(F)(F)F)cnc1Cl. The molecule has 1 aromatic heterocycles. The van der Waals surface area contributed by atoms with Gasteiger partial charge in [-0.15, -0.1) is 0 Å². The lowest BCUT2D eigenvalue weighted by Gasteiger charge is -2.09.